The maximum atomic E-state index is 11.7. The van der Waals surface area contributed by atoms with Crippen LogP contribution in [-0.4, -0.2) is 30.9 Å². The zero-order chi connectivity index (χ0) is 14.8. The van der Waals surface area contributed by atoms with Gasteiger partial charge < -0.3 is 5.32 Å². The second-order valence-electron chi connectivity index (χ2n) is 5.04. The van der Waals surface area contributed by atoms with E-state index in [1.807, 2.05) is 30.1 Å². The van der Waals surface area contributed by atoms with Gasteiger partial charge in [0, 0.05) is 13.1 Å². The van der Waals surface area contributed by atoms with E-state index in [2.05, 4.69) is 18.3 Å². The molecule has 1 amide bonds. The van der Waals surface area contributed by atoms with Crippen LogP contribution in [0.3, 0.4) is 0 Å². The predicted molar refractivity (Wildman–Crippen MR) is 80.0 cm³/mol. The van der Waals surface area contributed by atoms with Gasteiger partial charge in [0.15, 0.2) is 0 Å². The monoisotopic (exact) mass is 273 g/mol. The van der Waals surface area contributed by atoms with Gasteiger partial charge in [-0.05, 0) is 31.2 Å². The van der Waals surface area contributed by atoms with Gasteiger partial charge in [-0.25, -0.2) is 0 Å². The van der Waals surface area contributed by atoms with Gasteiger partial charge in [0.1, 0.15) is 0 Å². The Kier molecular flexibility index (Phi) is 7.38. The van der Waals surface area contributed by atoms with E-state index in [9.17, 15) is 4.79 Å². The number of likely N-dealkylation sites (N-methyl/N-ethyl adjacent to an activating group) is 1. The van der Waals surface area contributed by atoms with Crippen LogP contribution in [0.25, 0.3) is 0 Å². The highest BCUT2D eigenvalue weighted by atomic mass is 16.2. The van der Waals surface area contributed by atoms with Gasteiger partial charge in [-0.2, -0.15) is 5.26 Å². The van der Waals surface area contributed by atoms with Crippen molar-refractivity contribution in [2.24, 2.45) is 0 Å². The molecule has 0 fully saturated rings. The number of unbranched alkanes of at least 4 members (excludes halogenated alkanes) is 2. The summed E-state index contributed by atoms with van der Waals surface area (Å²) in [5.74, 6) is 0.0556. The van der Waals surface area contributed by atoms with Crippen LogP contribution in [0.15, 0.2) is 24.3 Å². The summed E-state index contributed by atoms with van der Waals surface area (Å²) in [6.45, 7) is 3.94. The fourth-order valence-corrected chi connectivity index (χ4v) is 2.01. The number of rotatable bonds is 8. The van der Waals surface area contributed by atoms with E-state index in [0.29, 0.717) is 18.7 Å². The first kappa shape index (κ1) is 16.2. The van der Waals surface area contributed by atoms with Crippen LogP contribution in [-0.2, 0) is 11.3 Å². The Hall–Kier alpha value is -1.86. The molecule has 20 heavy (non-hydrogen) atoms. The fourth-order valence-electron chi connectivity index (χ4n) is 2.01. The molecule has 0 saturated carbocycles. The summed E-state index contributed by atoms with van der Waals surface area (Å²) >= 11 is 0. The van der Waals surface area contributed by atoms with Crippen molar-refractivity contribution >= 4 is 5.91 Å². The largest absolute Gasteiger partial charge is 0.355 e. The maximum Gasteiger partial charge on any atom is 0.234 e. The van der Waals surface area contributed by atoms with Gasteiger partial charge in [0.25, 0.3) is 0 Å². The summed E-state index contributed by atoms with van der Waals surface area (Å²) in [6.07, 6.45) is 3.35. The Bertz CT molecular complexity index is 465. The maximum absolute atomic E-state index is 11.7. The topological polar surface area (TPSA) is 56.1 Å². The SMILES string of the molecule is CCCCCNC(=O)CN(C)Cc1cccc(C#N)c1. The number of nitrogens with zero attached hydrogens (tertiary/aromatic N) is 2. The second kappa shape index (κ2) is 9.11. The van der Waals surface area contributed by atoms with E-state index in [0.717, 1.165) is 31.4 Å². The molecule has 0 aliphatic carbocycles. The number of hydrogen-bond acceptors (Lipinski definition) is 3. The number of nitriles is 1. The minimum atomic E-state index is 0.0556. The number of carbonyl (C=O) groups excluding carboxylic acids is 1. The van der Waals surface area contributed by atoms with Crippen LogP contribution >= 0.6 is 0 Å². The van der Waals surface area contributed by atoms with Gasteiger partial charge in [-0.15, -0.1) is 0 Å². The molecule has 0 aromatic heterocycles. The smallest absolute Gasteiger partial charge is 0.234 e. The second-order valence-corrected chi connectivity index (χ2v) is 5.04. The molecule has 1 N–H and O–H groups in total. The minimum Gasteiger partial charge on any atom is -0.355 e. The lowest BCUT2D eigenvalue weighted by Gasteiger charge is -2.16. The molecule has 108 valence electrons. The zero-order valence-electron chi connectivity index (χ0n) is 12.4. The molecule has 0 aliphatic heterocycles. The van der Waals surface area contributed by atoms with E-state index >= 15 is 0 Å². The molecule has 0 heterocycles. The first-order chi connectivity index (χ1) is 9.65. The third-order valence-corrected chi connectivity index (χ3v) is 3.02. The number of benzene rings is 1. The summed E-state index contributed by atoms with van der Waals surface area (Å²) in [5, 5.41) is 11.8. The van der Waals surface area contributed by atoms with Crippen LogP contribution in [0.2, 0.25) is 0 Å². The van der Waals surface area contributed by atoms with Gasteiger partial charge >= 0.3 is 0 Å². The average Bonchev–Trinajstić information content (AvgIpc) is 2.43. The average molecular weight is 273 g/mol. The van der Waals surface area contributed by atoms with Crippen LogP contribution < -0.4 is 5.32 Å². The molecule has 0 spiro atoms. The Morgan fingerprint density at radius 2 is 2.20 bits per heavy atom. The van der Waals surface area contributed by atoms with Gasteiger partial charge in [0.05, 0.1) is 18.2 Å². The minimum absolute atomic E-state index is 0.0556. The molecular weight excluding hydrogens is 250 g/mol. The normalized spacial score (nSPS) is 10.3. The molecule has 0 atom stereocenters. The third kappa shape index (κ3) is 6.35. The van der Waals surface area contributed by atoms with Crippen molar-refractivity contribution in [3.05, 3.63) is 35.4 Å². The van der Waals surface area contributed by atoms with Crippen molar-refractivity contribution < 1.29 is 4.79 Å². The van der Waals surface area contributed by atoms with E-state index < -0.39 is 0 Å². The molecule has 0 aliphatic rings. The van der Waals surface area contributed by atoms with Crippen molar-refractivity contribution in [1.29, 1.82) is 5.26 Å². The molecule has 1 aromatic carbocycles. The molecular formula is C16H23N3O. The molecule has 4 heteroatoms. The highest BCUT2D eigenvalue weighted by Gasteiger charge is 2.06. The summed E-state index contributed by atoms with van der Waals surface area (Å²) in [5.41, 5.74) is 1.70. The summed E-state index contributed by atoms with van der Waals surface area (Å²) in [4.78, 5) is 13.7. The van der Waals surface area contributed by atoms with Crippen molar-refractivity contribution in [2.45, 2.75) is 32.7 Å². The molecule has 1 rings (SSSR count). The van der Waals surface area contributed by atoms with Gasteiger partial charge in [-0.3, -0.25) is 9.69 Å². The Morgan fingerprint density at radius 3 is 2.90 bits per heavy atom. The molecule has 0 radical (unpaired) electrons. The Labute approximate surface area is 121 Å². The van der Waals surface area contributed by atoms with Crippen LogP contribution in [0.4, 0.5) is 0 Å². The lowest BCUT2D eigenvalue weighted by molar-refractivity contribution is -0.122. The fraction of sp³-hybridized carbons (Fsp3) is 0.500. The lowest BCUT2D eigenvalue weighted by Crippen LogP contribution is -2.35. The zero-order valence-corrected chi connectivity index (χ0v) is 12.4. The van der Waals surface area contributed by atoms with Crippen LogP contribution in [0, 0.1) is 11.3 Å². The first-order valence-electron chi connectivity index (χ1n) is 7.10. The van der Waals surface area contributed by atoms with Crippen LogP contribution in [0.5, 0.6) is 0 Å². The van der Waals surface area contributed by atoms with E-state index in [1.165, 1.54) is 0 Å². The van der Waals surface area contributed by atoms with E-state index in [4.69, 9.17) is 5.26 Å². The van der Waals surface area contributed by atoms with Crippen molar-refractivity contribution in [3.8, 4) is 6.07 Å². The van der Waals surface area contributed by atoms with Crippen LogP contribution in [0.1, 0.15) is 37.3 Å². The van der Waals surface area contributed by atoms with E-state index in [-0.39, 0.29) is 5.91 Å². The Balaban J connectivity index is 2.33. The lowest BCUT2D eigenvalue weighted by atomic mass is 10.1. The number of nitrogens with one attached hydrogen (secondary N) is 1. The van der Waals surface area contributed by atoms with Crippen molar-refractivity contribution in [3.63, 3.8) is 0 Å². The highest BCUT2D eigenvalue weighted by Crippen LogP contribution is 2.06. The molecule has 0 unspecified atom stereocenters. The van der Waals surface area contributed by atoms with Crippen molar-refractivity contribution in [2.75, 3.05) is 20.1 Å². The first-order valence-corrected chi connectivity index (χ1v) is 7.10. The highest BCUT2D eigenvalue weighted by molar-refractivity contribution is 5.77. The number of amides is 1. The van der Waals surface area contributed by atoms with Crippen molar-refractivity contribution in [1.82, 2.24) is 10.2 Å². The number of hydrogen-bond donors (Lipinski definition) is 1. The van der Waals surface area contributed by atoms with Gasteiger partial charge in [-0.1, -0.05) is 31.9 Å². The standard InChI is InChI=1S/C16H23N3O/c1-3-4-5-9-18-16(20)13-19(2)12-15-8-6-7-14(10-15)11-17/h6-8,10H,3-5,9,12-13H2,1-2H3,(H,18,20). The molecule has 1 aromatic rings. The Morgan fingerprint density at radius 1 is 1.40 bits per heavy atom. The van der Waals surface area contributed by atoms with E-state index in [1.54, 1.807) is 6.07 Å². The molecule has 4 nitrogen and oxygen atoms in total. The summed E-state index contributed by atoms with van der Waals surface area (Å²) < 4.78 is 0. The molecule has 0 saturated heterocycles. The van der Waals surface area contributed by atoms with Gasteiger partial charge in [0.2, 0.25) is 5.91 Å². The summed E-state index contributed by atoms with van der Waals surface area (Å²) in [7, 11) is 1.91. The molecule has 0 bridgehead atoms. The predicted octanol–water partition coefficient (Wildman–Crippen LogP) is 2.30. The summed E-state index contributed by atoms with van der Waals surface area (Å²) in [6, 6.07) is 9.60. The third-order valence-electron chi connectivity index (χ3n) is 3.02. The number of carbonyl (C=O) groups is 1. The quantitative estimate of drug-likeness (QED) is 0.739.